The third kappa shape index (κ3) is 2.60. The molecule has 1 heterocycles. The Kier molecular flexibility index (Phi) is 4.37. The Hall–Kier alpha value is -1.38. The van der Waals surface area contributed by atoms with E-state index >= 15 is 0 Å². The Morgan fingerprint density at radius 2 is 2.00 bits per heavy atom. The number of carbonyl (C=O) groups excluding carboxylic acids is 1. The molecule has 1 aromatic rings. The van der Waals surface area contributed by atoms with Gasteiger partial charge in [-0.05, 0) is 92.6 Å². The number of hydrogen-bond donors (Lipinski definition) is 0. The second-order valence-corrected chi connectivity index (χ2v) is 10.7. The molecule has 152 valence electrons. The number of aromatic nitrogens is 2. The van der Waals surface area contributed by atoms with Crippen LogP contribution in [-0.4, -0.2) is 15.6 Å². The molecular formula is C25H36N2O. The van der Waals surface area contributed by atoms with Gasteiger partial charge < -0.3 is 0 Å². The van der Waals surface area contributed by atoms with Crippen molar-refractivity contribution in [2.24, 2.45) is 34.5 Å². The molecule has 0 amide bonds. The molecule has 4 fully saturated rings. The van der Waals surface area contributed by atoms with Gasteiger partial charge in [-0.3, -0.25) is 9.48 Å². The normalized spacial score (nSPS) is 44.2. The highest BCUT2D eigenvalue weighted by atomic mass is 16.1. The van der Waals surface area contributed by atoms with Gasteiger partial charge in [-0.2, -0.15) is 5.10 Å². The molecule has 0 bridgehead atoms. The molecule has 4 saturated carbocycles. The van der Waals surface area contributed by atoms with Crippen molar-refractivity contribution in [3.05, 3.63) is 23.5 Å². The van der Waals surface area contributed by atoms with E-state index in [1.807, 2.05) is 10.9 Å². The number of nitrogens with zero attached hydrogens (tertiary/aromatic N) is 2. The van der Waals surface area contributed by atoms with Crippen molar-refractivity contribution < 1.29 is 4.79 Å². The fourth-order valence-electron chi connectivity index (χ4n) is 7.92. The van der Waals surface area contributed by atoms with Crippen molar-refractivity contribution in [2.75, 3.05) is 0 Å². The molecule has 0 aromatic carbocycles. The molecule has 1 aromatic heterocycles. The lowest BCUT2D eigenvalue weighted by Gasteiger charge is -2.59. The van der Waals surface area contributed by atoms with Crippen molar-refractivity contribution in [1.82, 2.24) is 9.78 Å². The van der Waals surface area contributed by atoms with Gasteiger partial charge in [-0.25, -0.2) is 0 Å². The summed E-state index contributed by atoms with van der Waals surface area (Å²) in [6, 6.07) is 0. The summed E-state index contributed by atoms with van der Waals surface area (Å²) in [6.07, 6.45) is 18.0. The summed E-state index contributed by atoms with van der Waals surface area (Å²) in [5, 5.41) is 4.39. The van der Waals surface area contributed by atoms with E-state index in [4.69, 9.17) is 0 Å². The second-order valence-electron chi connectivity index (χ2n) is 10.7. The molecule has 0 aliphatic heterocycles. The summed E-state index contributed by atoms with van der Waals surface area (Å²) in [5.74, 6) is 3.55. The van der Waals surface area contributed by atoms with Gasteiger partial charge in [0.2, 0.25) is 0 Å². The first-order valence-corrected chi connectivity index (χ1v) is 11.7. The number of rotatable bonds is 2. The SMILES string of the molecule is CCn1cc(/C=C2/C[C@@H]3[C@H]4CC[C@@H]5CCCC[C@]5(C)[C@@H]4CC[C@@]3(C)C2=O)cn1. The molecule has 3 heteroatoms. The summed E-state index contributed by atoms with van der Waals surface area (Å²) >= 11 is 0. The zero-order valence-corrected chi connectivity index (χ0v) is 17.9. The van der Waals surface area contributed by atoms with Gasteiger partial charge in [-0.15, -0.1) is 0 Å². The Morgan fingerprint density at radius 3 is 2.79 bits per heavy atom. The predicted molar refractivity (Wildman–Crippen MR) is 113 cm³/mol. The van der Waals surface area contributed by atoms with Crippen molar-refractivity contribution >= 4 is 11.9 Å². The van der Waals surface area contributed by atoms with Crippen molar-refractivity contribution in [2.45, 2.75) is 85.1 Å². The van der Waals surface area contributed by atoms with Crippen LogP contribution in [0.15, 0.2) is 18.0 Å². The quantitative estimate of drug-likeness (QED) is 0.599. The van der Waals surface area contributed by atoms with E-state index in [1.54, 1.807) is 0 Å². The molecule has 0 saturated heterocycles. The molecule has 5 rings (SSSR count). The van der Waals surface area contributed by atoms with Gasteiger partial charge in [0.15, 0.2) is 5.78 Å². The zero-order valence-electron chi connectivity index (χ0n) is 17.9. The molecule has 4 aliphatic rings. The van der Waals surface area contributed by atoms with Crippen molar-refractivity contribution in [1.29, 1.82) is 0 Å². The van der Waals surface area contributed by atoms with Gasteiger partial charge in [-0.1, -0.05) is 26.7 Å². The van der Waals surface area contributed by atoms with Gasteiger partial charge in [0.25, 0.3) is 0 Å². The Morgan fingerprint density at radius 1 is 1.14 bits per heavy atom. The van der Waals surface area contributed by atoms with Gasteiger partial charge in [0.05, 0.1) is 6.20 Å². The van der Waals surface area contributed by atoms with Crippen LogP contribution in [0.4, 0.5) is 0 Å². The topological polar surface area (TPSA) is 34.9 Å². The van der Waals surface area contributed by atoms with Gasteiger partial charge in [0, 0.05) is 23.7 Å². The van der Waals surface area contributed by atoms with Crippen molar-refractivity contribution in [3.63, 3.8) is 0 Å². The maximum atomic E-state index is 13.5. The summed E-state index contributed by atoms with van der Waals surface area (Å²) in [5.41, 5.74) is 2.58. The summed E-state index contributed by atoms with van der Waals surface area (Å²) in [7, 11) is 0. The van der Waals surface area contributed by atoms with E-state index in [1.165, 1.54) is 44.9 Å². The van der Waals surface area contributed by atoms with Crippen LogP contribution < -0.4 is 0 Å². The van der Waals surface area contributed by atoms with Gasteiger partial charge >= 0.3 is 0 Å². The van der Waals surface area contributed by atoms with Crippen LogP contribution in [0.2, 0.25) is 0 Å². The first-order chi connectivity index (χ1) is 13.5. The van der Waals surface area contributed by atoms with Crippen LogP contribution in [0.3, 0.4) is 0 Å². The number of hydrogen-bond acceptors (Lipinski definition) is 2. The standard InChI is InChI=1S/C25H36N2O/c1-4-27-16-17(15-26-27)13-18-14-22-20-9-8-19-7-5-6-11-24(19,2)21(20)10-12-25(22,3)23(18)28/h13,15-16,19-22H,4-12,14H2,1-3H3/b18-13-/t19-,20-,21+,22+,24-,25+/m0/s1. The molecule has 6 atom stereocenters. The fourth-order valence-corrected chi connectivity index (χ4v) is 7.92. The maximum absolute atomic E-state index is 13.5. The van der Waals surface area contributed by atoms with Crippen LogP contribution in [0.1, 0.15) is 84.1 Å². The highest BCUT2D eigenvalue weighted by Gasteiger charge is 2.60. The fraction of sp³-hybridized carbons (Fsp3) is 0.760. The lowest BCUT2D eigenvalue weighted by molar-refractivity contribution is -0.137. The minimum Gasteiger partial charge on any atom is -0.294 e. The molecular weight excluding hydrogens is 344 g/mol. The first-order valence-electron chi connectivity index (χ1n) is 11.7. The molecule has 4 aliphatic carbocycles. The minimum absolute atomic E-state index is 0.119. The Balaban J connectivity index is 1.45. The predicted octanol–water partition coefficient (Wildman–Crippen LogP) is 5.90. The maximum Gasteiger partial charge on any atom is 0.165 e. The smallest absolute Gasteiger partial charge is 0.165 e. The van der Waals surface area contributed by atoms with E-state index in [2.05, 4.69) is 38.1 Å². The number of allylic oxidation sites excluding steroid dienone is 1. The number of aryl methyl sites for hydroxylation is 1. The highest BCUT2D eigenvalue weighted by Crippen LogP contribution is 2.66. The number of ketones is 1. The molecule has 0 N–H and O–H groups in total. The number of carbonyl (C=O) groups is 1. The third-order valence-electron chi connectivity index (χ3n) is 9.54. The lowest BCUT2D eigenvalue weighted by atomic mass is 9.45. The Bertz CT molecular complexity index is 807. The minimum atomic E-state index is -0.119. The highest BCUT2D eigenvalue weighted by molar-refractivity contribution is 6.05. The largest absolute Gasteiger partial charge is 0.294 e. The van der Waals surface area contributed by atoms with Crippen molar-refractivity contribution in [3.8, 4) is 0 Å². The average Bonchev–Trinajstić information content (AvgIpc) is 3.25. The van der Waals surface area contributed by atoms with E-state index in [9.17, 15) is 4.79 Å². The van der Waals surface area contributed by atoms with E-state index in [0.29, 0.717) is 17.1 Å². The number of fused-ring (bicyclic) bond motifs is 5. The molecule has 0 radical (unpaired) electrons. The van der Waals surface area contributed by atoms with Crippen LogP contribution >= 0.6 is 0 Å². The summed E-state index contributed by atoms with van der Waals surface area (Å²) < 4.78 is 1.95. The monoisotopic (exact) mass is 380 g/mol. The van der Waals surface area contributed by atoms with E-state index in [-0.39, 0.29) is 5.41 Å². The Labute approximate surface area is 170 Å². The third-order valence-corrected chi connectivity index (χ3v) is 9.54. The summed E-state index contributed by atoms with van der Waals surface area (Å²) in [4.78, 5) is 13.5. The van der Waals surface area contributed by atoms with Crippen LogP contribution in [0.25, 0.3) is 6.08 Å². The van der Waals surface area contributed by atoms with E-state index < -0.39 is 0 Å². The average molecular weight is 381 g/mol. The first kappa shape index (κ1) is 18.6. The molecule has 0 spiro atoms. The van der Waals surface area contributed by atoms with E-state index in [0.717, 1.165) is 48.3 Å². The lowest BCUT2D eigenvalue weighted by Crippen LogP contribution is -2.52. The van der Waals surface area contributed by atoms with Crippen LogP contribution in [-0.2, 0) is 11.3 Å². The molecule has 0 unspecified atom stereocenters. The summed E-state index contributed by atoms with van der Waals surface area (Å²) in [6.45, 7) is 7.88. The number of Topliss-reactive ketones (excluding diaryl/α,β-unsaturated/α-hetero) is 1. The van der Waals surface area contributed by atoms with Gasteiger partial charge in [0.1, 0.15) is 0 Å². The molecule has 3 nitrogen and oxygen atoms in total. The molecule has 28 heavy (non-hydrogen) atoms. The van der Waals surface area contributed by atoms with Crippen LogP contribution in [0, 0.1) is 34.5 Å². The second kappa shape index (κ2) is 6.57. The van der Waals surface area contributed by atoms with Crippen LogP contribution in [0.5, 0.6) is 0 Å². The zero-order chi connectivity index (χ0) is 19.5.